The van der Waals surface area contributed by atoms with E-state index in [1.54, 1.807) is 18.3 Å². The molecular weight excluding hydrogens is 274 g/mol. The van der Waals surface area contributed by atoms with Crippen molar-refractivity contribution in [2.45, 2.75) is 13.0 Å². The maximum atomic E-state index is 10.7. The van der Waals surface area contributed by atoms with E-state index in [2.05, 4.69) is 4.98 Å². The zero-order valence-electron chi connectivity index (χ0n) is 11.6. The van der Waals surface area contributed by atoms with E-state index in [0.717, 1.165) is 5.69 Å². The van der Waals surface area contributed by atoms with Crippen LogP contribution in [0.3, 0.4) is 0 Å². The Morgan fingerprint density at radius 2 is 2.05 bits per heavy atom. The van der Waals surface area contributed by atoms with Crippen molar-refractivity contribution in [3.63, 3.8) is 0 Å². The van der Waals surface area contributed by atoms with Crippen LogP contribution in [-0.2, 0) is 0 Å². The van der Waals surface area contributed by atoms with Crippen LogP contribution in [0.4, 0.5) is 5.69 Å². The minimum absolute atomic E-state index is 0.0652. The Labute approximate surface area is 121 Å². The van der Waals surface area contributed by atoms with Crippen LogP contribution in [0, 0.1) is 10.1 Å². The predicted molar refractivity (Wildman–Crippen MR) is 76.6 cm³/mol. The van der Waals surface area contributed by atoms with Gasteiger partial charge >= 0.3 is 0 Å². The first-order valence-electron chi connectivity index (χ1n) is 6.23. The lowest BCUT2D eigenvalue weighted by atomic mass is 10.2. The third-order valence-electron chi connectivity index (χ3n) is 2.81. The van der Waals surface area contributed by atoms with Crippen LogP contribution in [0.1, 0.15) is 18.7 Å². The van der Waals surface area contributed by atoms with Crippen LogP contribution >= 0.6 is 0 Å². The minimum Gasteiger partial charge on any atom is -0.493 e. The number of nitro groups is 1. The highest BCUT2D eigenvalue weighted by Crippen LogP contribution is 2.34. The van der Waals surface area contributed by atoms with Gasteiger partial charge in [-0.3, -0.25) is 15.1 Å². The molecular formula is C14H15N3O4. The normalized spacial score (nSPS) is 11.8. The van der Waals surface area contributed by atoms with E-state index < -0.39 is 4.92 Å². The number of hydrogen-bond acceptors (Lipinski definition) is 6. The molecule has 0 unspecified atom stereocenters. The summed E-state index contributed by atoms with van der Waals surface area (Å²) in [7, 11) is 1.42. The number of ether oxygens (including phenoxy) is 2. The summed E-state index contributed by atoms with van der Waals surface area (Å²) in [5.41, 5.74) is 6.40. The molecule has 0 amide bonds. The molecule has 21 heavy (non-hydrogen) atoms. The Morgan fingerprint density at radius 1 is 1.29 bits per heavy atom. The molecule has 0 fully saturated rings. The Balaban J connectivity index is 2.24. The number of hydrogen-bond donors (Lipinski definition) is 1. The number of methoxy groups -OCH3 is 1. The van der Waals surface area contributed by atoms with Crippen molar-refractivity contribution in [2.75, 3.05) is 7.11 Å². The molecule has 0 aliphatic rings. The molecule has 1 heterocycles. The zero-order chi connectivity index (χ0) is 15.4. The van der Waals surface area contributed by atoms with Gasteiger partial charge in [-0.15, -0.1) is 0 Å². The highest BCUT2D eigenvalue weighted by molar-refractivity contribution is 5.50. The largest absolute Gasteiger partial charge is 0.493 e. The fraction of sp³-hybridized carbons (Fsp3) is 0.214. The summed E-state index contributed by atoms with van der Waals surface area (Å²) < 4.78 is 10.7. The van der Waals surface area contributed by atoms with Crippen molar-refractivity contribution in [3.05, 3.63) is 52.3 Å². The molecule has 0 spiro atoms. The van der Waals surface area contributed by atoms with Gasteiger partial charge in [0.25, 0.3) is 5.69 Å². The van der Waals surface area contributed by atoms with Crippen molar-refractivity contribution in [1.29, 1.82) is 0 Å². The van der Waals surface area contributed by atoms with E-state index in [1.165, 1.54) is 25.3 Å². The summed E-state index contributed by atoms with van der Waals surface area (Å²) in [6.45, 7) is 1.84. The van der Waals surface area contributed by atoms with Gasteiger partial charge in [0.2, 0.25) is 0 Å². The van der Waals surface area contributed by atoms with Crippen molar-refractivity contribution >= 4 is 5.69 Å². The van der Waals surface area contributed by atoms with Crippen molar-refractivity contribution < 1.29 is 14.4 Å². The minimum atomic E-state index is -0.495. The van der Waals surface area contributed by atoms with E-state index in [-0.39, 0.29) is 17.5 Å². The molecule has 0 bridgehead atoms. The molecule has 7 nitrogen and oxygen atoms in total. The van der Waals surface area contributed by atoms with Crippen LogP contribution in [0.15, 0.2) is 36.5 Å². The standard InChI is InChI=1S/C14H15N3O4/c1-9(15)12-5-4-11(8-16-12)21-13-6-3-10(17(18)19)7-14(13)20-2/h3-9H,15H2,1-2H3/t9-/m0/s1. The SMILES string of the molecule is COc1cc([N+](=O)[O-])ccc1Oc1ccc([C@H](C)N)nc1. The quantitative estimate of drug-likeness (QED) is 0.671. The van der Waals surface area contributed by atoms with Gasteiger partial charge in [0.1, 0.15) is 5.75 Å². The van der Waals surface area contributed by atoms with E-state index in [9.17, 15) is 10.1 Å². The van der Waals surface area contributed by atoms with Crippen molar-refractivity contribution in [3.8, 4) is 17.2 Å². The van der Waals surface area contributed by atoms with Gasteiger partial charge < -0.3 is 15.2 Å². The third kappa shape index (κ3) is 3.46. The smallest absolute Gasteiger partial charge is 0.273 e. The van der Waals surface area contributed by atoms with Crippen LogP contribution in [0.25, 0.3) is 0 Å². The van der Waals surface area contributed by atoms with Crippen LogP contribution in [0.2, 0.25) is 0 Å². The van der Waals surface area contributed by atoms with Crippen molar-refractivity contribution in [1.82, 2.24) is 4.98 Å². The number of nitro benzene ring substituents is 1. The molecule has 0 saturated heterocycles. The fourth-order valence-electron chi connectivity index (χ4n) is 1.70. The van der Waals surface area contributed by atoms with E-state index in [1.807, 2.05) is 6.92 Å². The molecule has 2 rings (SSSR count). The van der Waals surface area contributed by atoms with Crippen LogP contribution in [0.5, 0.6) is 17.2 Å². The Bertz CT molecular complexity index is 641. The number of benzene rings is 1. The summed E-state index contributed by atoms with van der Waals surface area (Å²) in [5, 5.41) is 10.7. The highest BCUT2D eigenvalue weighted by atomic mass is 16.6. The molecule has 1 aromatic heterocycles. The van der Waals surface area contributed by atoms with E-state index in [4.69, 9.17) is 15.2 Å². The monoisotopic (exact) mass is 289 g/mol. The lowest BCUT2D eigenvalue weighted by Crippen LogP contribution is -2.06. The molecule has 1 aromatic carbocycles. The molecule has 0 aliphatic carbocycles. The second-order valence-electron chi connectivity index (χ2n) is 4.40. The van der Waals surface area contributed by atoms with Gasteiger partial charge in [-0.05, 0) is 25.1 Å². The Hall–Kier alpha value is -2.67. The first-order valence-corrected chi connectivity index (χ1v) is 6.23. The van der Waals surface area contributed by atoms with Gasteiger partial charge in [-0.2, -0.15) is 0 Å². The average molecular weight is 289 g/mol. The van der Waals surface area contributed by atoms with Gasteiger partial charge in [0, 0.05) is 12.1 Å². The molecule has 1 atom stereocenters. The van der Waals surface area contributed by atoms with E-state index >= 15 is 0 Å². The molecule has 0 aliphatic heterocycles. The van der Waals surface area contributed by atoms with Gasteiger partial charge in [0.05, 0.1) is 30.0 Å². The Morgan fingerprint density at radius 3 is 2.57 bits per heavy atom. The molecule has 110 valence electrons. The van der Waals surface area contributed by atoms with Crippen molar-refractivity contribution in [2.24, 2.45) is 5.73 Å². The third-order valence-corrected chi connectivity index (χ3v) is 2.81. The maximum absolute atomic E-state index is 10.7. The molecule has 0 saturated carbocycles. The maximum Gasteiger partial charge on any atom is 0.273 e. The Kier molecular flexibility index (Phi) is 4.34. The van der Waals surface area contributed by atoms with E-state index in [0.29, 0.717) is 11.5 Å². The van der Waals surface area contributed by atoms with Gasteiger partial charge in [-0.1, -0.05) is 0 Å². The number of nitrogens with two attached hydrogens (primary N) is 1. The number of rotatable bonds is 5. The summed E-state index contributed by atoms with van der Waals surface area (Å²) in [4.78, 5) is 14.4. The average Bonchev–Trinajstić information content (AvgIpc) is 2.48. The molecule has 0 radical (unpaired) electrons. The zero-order valence-corrected chi connectivity index (χ0v) is 11.6. The lowest BCUT2D eigenvalue weighted by molar-refractivity contribution is -0.384. The fourth-order valence-corrected chi connectivity index (χ4v) is 1.70. The number of pyridine rings is 1. The first-order chi connectivity index (χ1) is 10.0. The van der Waals surface area contributed by atoms with Crippen LogP contribution < -0.4 is 15.2 Å². The van der Waals surface area contributed by atoms with Gasteiger partial charge in [0.15, 0.2) is 11.5 Å². The number of nitrogens with zero attached hydrogens (tertiary/aromatic N) is 2. The summed E-state index contributed by atoms with van der Waals surface area (Å²) in [6.07, 6.45) is 1.54. The van der Waals surface area contributed by atoms with Gasteiger partial charge in [-0.25, -0.2) is 0 Å². The summed E-state index contributed by atoms with van der Waals surface area (Å²) in [5.74, 6) is 1.14. The lowest BCUT2D eigenvalue weighted by Gasteiger charge is -2.10. The van der Waals surface area contributed by atoms with Crippen LogP contribution in [-0.4, -0.2) is 17.0 Å². The second kappa shape index (κ2) is 6.19. The summed E-state index contributed by atoms with van der Waals surface area (Å²) >= 11 is 0. The second-order valence-corrected chi connectivity index (χ2v) is 4.40. The molecule has 2 aromatic rings. The number of aromatic nitrogens is 1. The predicted octanol–water partition coefficient (Wildman–Crippen LogP) is 2.81. The first kappa shape index (κ1) is 14.7. The number of non-ortho nitro benzene ring substituents is 1. The highest BCUT2D eigenvalue weighted by Gasteiger charge is 2.13. The molecule has 2 N–H and O–H groups in total. The summed E-state index contributed by atoms with van der Waals surface area (Å²) in [6, 6.07) is 7.47. The topological polar surface area (TPSA) is 101 Å². The molecule has 7 heteroatoms.